The Hall–Kier alpha value is -1.39. The lowest BCUT2D eigenvalue weighted by atomic mass is 9.89. The Kier molecular flexibility index (Phi) is 4.56. The van der Waals surface area contributed by atoms with Gasteiger partial charge < -0.3 is 16.4 Å². The molecule has 19 heavy (non-hydrogen) atoms. The first-order chi connectivity index (χ1) is 9.17. The first-order valence-corrected chi connectivity index (χ1v) is 6.96. The van der Waals surface area contributed by atoms with Gasteiger partial charge in [-0.05, 0) is 24.4 Å². The van der Waals surface area contributed by atoms with Crippen LogP contribution in [0.1, 0.15) is 24.8 Å². The van der Waals surface area contributed by atoms with Crippen LogP contribution >= 0.6 is 0 Å². The Morgan fingerprint density at radius 1 is 1.37 bits per heavy atom. The maximum atomic E-state index is 12.2. The van der Waals surface area contributed by atoms with E-state index in [0.29, 0.717) is 24.8 Å². The maximum Gasteiger partial charge on any atom is 0.239 e. The van der Waals surface area contributed by atoms with Crippen LogP contribution in [-0.4, -0.2) is 36.5 Å². The largest absolute Gasteiger partial charge is 0.340 e. The molecule has 104 valence electrons. The second-order valence-electron chi connectivity index (χ2n) is 5.27. The summed E-state index contributed by atoms with van der Waals surface area (Å²) in [5.74, 6) is 0.717. The van der Waals surface area contributed by atoms with E-state index in [0.717, 1.165) is 13.1 Å². The van der Waals surface area contributed by atoms with Gasteiger partial charge in [0.15, 0.2) is 0 Å². The number of amides is 1. The summed E-state index contributed by atoms with van der Waals surface area (Å²) < 4.78 is 0. The van der Waals surface area contributed by atoms with Gasteiger partial charge in [-0.3, -0.25) is 4.79 Å². The lowest BCUT2D eigenvalue weighted by Crippen LogP contribution is -2.42. The Bertz CT molecular complexity index is 421. The number of nitrogens with two attached hydrogens (primary N) is 2. The molecule has 0 aromatic heterocycles. The normalized spacial score (nSPS) is 24.5. The highest BCUT2D eigenvalue weighted by Gasteiger charge is 2.36. The monoisotopic (exact) mass is 261 g/mol. The molecule has 1 aliphatic rings. The van der Waals surface area contributed by atoms with E-state index in [1.165, 1.54) is 5.56 Å². The summed E-state index contributed by atoms with van der Waals surface area (Å²) in [6.07, 6.45) is 0.679. The van der Waals surface area contributed by atoms with Crippen molar-refractivity contribution in [2.75, 3.05) is 19.6 Å². The molecule has 4 N–H and O–H groups in total. The number of hydrogen-bond donors (Lipinski definition) is 2. The van der Waals surface area contributed by atoms with Crippen LogP contribution in [0.2, 0.25) is 0 Å². The number of likely N-dealkylation sites (tertiary alicyclic amines) is 1. The molecule has 2 rings (SSSR count). The van der Waals surface area contributed by atoms with Crippen molar-refractivity contribution in [3.05, 3.63) is 35.9 Å². The molecule has 1 heterocycles. The van der Waals surface area contributed by atoms with Crippen molar-refractivity contribution in [3.63, 3.8) is 0 Å². The van der Waals surface area contributed by atoms with E-state index in [4.69, 9.17) is 11.5 Å². The van der Waals surface area contributed by atoms with E-state index in [1.54, 1.807) is 0 Å². The maximum absolute atomic E-state index is 12.2. The van der Waals surface area contributed by atoms with Gasteiger partial charge in [-0.25, -0.2) is 0 Å². The number of hydrogen-bond acceptors (Lipinski definition) is 3. The summed E-state index contributed by atoms with van der Waals surface area (Å²) >= 11 is 0. The van der Waals surface area contributed by atoms with Crippen molar-refractivity contribution in [2.45, 2.75) is 25.3 Å². The van der Waals surface area contributed by atoms with Crippen LogP contribution < -0.4 is 11.5 Å². The summed E-state index contributed by atoms with van der Waals surface area (Å²) in [7, 11) is 0. The van der Waals surface area contributed by atoms with E-state index in [2.05, 4.69) is 12.1 Å². The summed E-state index contributed by atoms with van der Waals surface area (Å²) in [4.78, 5) is 14.1. The Balaban J connectivity index is 2.12. The Labute approximate surface area is 114 Å². The molecule has 0 saturated carbocycles. The molecule has 4 heteroatoms. The van der Waals surface area contributed by atoms with E-state index < -0.39 is 0 Å². The minimum Gasteiger partial charge on any atom is -0.340 e. The third-order valence-corrected chi connectivity index (χ3v) is 4.04. The van der Waals surface area contributed by atoms with E-state index >= 15 is 0 Å². The third-order valence-electron chi connectivity index (χ3n) is 4.04. The highest BCUT2D eigenvalue weighted by Crippen LogP contribution is 2.32. The van der Waals surface area contributed by atoms with E-state index in [-0.39, 0.29) is 11.9 Å². The fourth-order valence-corrected chi connectivity index (χ4v) is 2.78. The molecule has 0 bridgehead atoms. The van der Waals surface area contributed by atoms with Gasteiger partial charge in [-0.2, -0.15) is 0 Å². The molecule has 1 saturated heterocycles. The third kappa shape index (κ3) is 2.96. The van der Waals surface area contributed by atoms with Crippen LogP contribution in [0.3, 0.4) is 0 Å². The van der Waals surface area contributed by atoms with E-state index in [9.17, 15) is 4.79 Å². The molecule has 3 atom stereocenters. The molecule has 0 spiro atoms. The zero-order valence-corrected chi connectivity index (χ0v) is 11.5. The number of rotatable bonds is 4. The van der Waals surface area contributed by atoms with Crippen LogP contribution in [0.15, 0.2) is 30.3 Å². The van der Waals surface area contributed by atoms with Crippen molar-refractivity contribution in [1.82, 2.24) is 4.90 Å². The van der Waals surface area contributed by atoms with Crippen molar-refractivity contribution in [2.24, 2.45) is 17.4 Å². The van der Waals surface area contributed by atoms with Crippen molar-refractivity contribution in [1.29, 1.82) is 0 Å². The first-order valence-electron chi connectivity index (χ1n) is 6.96. The van der Waals surface area contributed by atoms with Crippen LogP contribution in [0.4, 0.5) is 0 Å². The molecule has 4 nitrogen and oxygen atoms in total. The summed E-state index contributed by atoms with van der Waals surface area (Å²) in [6, 6.07) is 9.91. The minimum atomic E-state index is -0.382. The second kappa shape index (κ2) is 6.17. The first kappa shape index (κ1) is 14.0. The second-order valence-corrected chi connectivity index (χ2v) is 5.27. The molecule has 1 aromatic carbocycles. The van der Waals surface area contributed by atoms with Crippen molar-refractivity contribution >= 4 is 5.91 Å². The molecular weight excluding hydrogens is 238 g/mol. The average molecular weight is 261 g/mol. The topological polar surface area (TPSA) is 72.4 Å². The van der Waals surface area contributed by atoms with Gasteiger partial charge in [0, 0.05) is 19.0 Å². The van der Waals surface area contributed by atoms with Crippen LogP contribution in [-0.2, 0) is 4.79 Å². The molecular formula is C15H23N3O. The highest BCUT2D eigenvalue weighted by molar-refractivity contribution is 5.82. The van der Waals surface area contributed by atoms with Gasteiger partial charge in [-0.15, -0.1) is 0 Å². The lowest BCUT2D eigenvalue weighted by molar-refractivity contribution is -0.131. The Morgan fingerprint density at radius 3 is 2.63 bits per heavy atom. The van der Waals surface area contributed by atoms with Gasteiger partial charge in [0.05, 0.1) is 6.04 Å². The fraction of sp³-hybridized carbons (Fsp3) is 0.533. The van der Waals surface area contributed by atoms with Gasteiger partial charge in [0.2, 0.25) is 5.91 Å². The van der Waals surface area contributed by atoms with Crippen molar-refractivity contribution < 1.29 is 4.79 Å². The number of benzene rings is 1. The predicted molar refractivity (Wildman–Crippen MR) is 76.6 cm³/mol. The SMILES string of the molecule is CC[C@H](N)C(=O)N1C[C@@H](CN)[C@H](c2ccccc2)C1. The van der Waals surface area contributed by atoms with Gasteiger partial charge >= 0.3 is 0 Å². The number of carbonyl (C=O) groups excluding carboxylic acids is 1. The number of nitrogens with zero attached hydrogens (tertiary/aromatic N) is 1. The van der Waals surface area contributed by atoms with Crippen LogP contribution in [0.5, 0.6) is 0 Å². The molecule has 1 aromatic rings. The van der Waals surface area contributed by atoms with Crippen molar-refractivity contribution in [3.8, 4) is 0 Å². The Morgan fingerprint density at radius 2 is 2.05 bits per heavy atom. The zero-order valence-electron chi connectivity index (χ0n) is 11.5. The highest BCUT2D eigenvalue weighted by atomic mass is 16.2. The molecule has 0 radical (unpaired) electrons. The summed E-state index contributed by atoms with van der Waals surface area (Å²) in [5, 5.41) is 0. The quantitative estimate of drug-likeness (QED) is 0.846. The molecule has 0 unspecified atom stereocenters. The smallest absolute Gasteiger partial charge is 0.239 e. The summed E-state index contributed by atoms with van der Waals surface area (Å²) in [6.45, 7) is 4.00. The van der Waals surface area contributed by atoms with Crippen LogP contribution in [0.25, 0.3) is 0 Å². The van der Waals surface area contributed by atoms with Gasteiger partial charge in [0.1, 0.15) is 0 Å². The van der Waals surface area contributed by atoms with Crippen LogP contribution in [0, 0.1) is 5.92 Å². The molecule has 1 amide bonds. The standard InChI is InChI=1S/C15H23N3O/c1-2-14(17)15(19)18-9-12(8-16)13(10-18)11-6-4-3-5-7-11/h3-7,12-14H,2,8-10,16-17H2,1H3/t12-,13+,14+/m1/s1. The minimum absolute atomic E-state index is 0.0550. The number of carbonyl (C=O) groups is 1. The molecule has 0 aliphatic carbocycles. The van der Waals surface area contributed by atoms with E-state index in [1.807, 2.05) is 30.0 Å². The molecule has 1 fully saturated rings. The summed E-state index contributed by atoms with van der Waals surface area (Å²) in [5.41, 5.74) is 13.0. The zero-order chi connectivity index (χ0) is 13.8. The average Bonchev–Trinajstić information content (AvgIpc) is 2.90. The predicted octanol–water partition coefficient (Wildman–Crippen LogP) is 0.925. The lowest BCUT2D eigenvalue weighted by Gasteiger charge is -2.20. The van der Waals surface area contributed by atoms with Gasteiger partial charge in [0.25, 0.3) is 0 Å². The molecule has 1 aliphatic heterocycles. The van der Waals surface area contributed by atoms with Gasteiger partial charge in [-0.1, -0.05) is 37.3 Å². The fourth-order valence-electron chi connectivity index (χ4n) is 2.78.